The zero-order valence-electron chi connectivity index (χ0n) is 9.25. The van der Waals surface area contributed by atoms with Crippen molar-refractivity contribution >= 4 is 23.3 Å². The molecule has 1 aromatic rings. The molecule has 88 valence electrons. The van der Waals surface area contributed by atoms with E-state index in [1.807, 2.05) is 6.92 Å². The normalized spacial score (nSPS) is 9.94. The highest BCUT2D eigenvalue weighted by Gasteiger charge is 2.16. The summed E-state index contributed by atoms with van der Waals surface area (Å²) in [7, 11) is 0. The molecule has 0 bridgehead atoms. The van der Waals surface area contributed by atoms with Crippen LogP contribution in [-0.2, 0) is 4.74 Å². The summed E-state index contributed by atoms with van der Waals surface area (Å²) in [6, 6.07) is 2.98. The monoisotopic (exact) mass is 243 g/mol. The predicted molar refractivity (Wildman–Crippen MR) is 63.0 cm³/mol. The van der Waals surface area contributed by atoms with E-state index in [0.717, 1.165) is 0 Å². The number of esters is 1. The first-order valence-electron chi connectivity index (χ1n) is 4.99. The van der Waals surface area contributed by atoms with Crippen LogP contribution in [0, 0.1) is 0 Å². The van der Waals surface area contributed by atoms with Crippen molar-refractivity contribution < 1.29 is 14.3 Å². The average molecular weight is 244 g/mol. The first-order chi connectivity index (χ1) is 7.60. The van der Waals surface area contributed by atoms with E-state index in [9.17, 15) is 4.79 Å². The van der Waals surface area contributed by atoms with Gasteiger partial charge in [0.2, 0.25) is 0 Å². The topological polar surface area (TPSA) is 61.5 Å². The molecule has 0 aromatic heterocycles. The first-order valence-corrected chi connectivity index (χ1v) is 5.36. The van der Waals surface area contributed by atoms with E-state index in [2.05, 4.69) is 0 Å². The van der Waals surface area contributed by atoms with E-state index >= 15 is 0 Å². The molecule has 0 aliphatic heterocycles. The number of anilines is 1. The lowest BCUT2D eigenvalue weighted by atomic mass is 10.2. The van der Waals surface area contributed by atoms with E-state index in [1.165, 1.54) is 12.1 Å². The molecular weight excluding hydrogens is 230 g/mol. The van der Waals surface area contributed by atoms with Gasteiger partial charge in [0, 0.05) is 6.07 Å². The molecule has 5 heteroatoms. The Labute approximate surface area is 99.3 Å². The second-order valence-electron chi connectivity index (χ2n) is 3.02. The molecule has 0 spiro atoms. The average Bonchev–Trinajstić information content (AvgIpc) is 2.23. The predicted octanol–water partition coefficient (Wildman–Crippen LogP) is 2.50. The fourth-order valence-electron chi connectivity index (χ4n) is 1.21. The minimum Gasteiger partial charge on any atom is -0.493 e. The summed E-state index contributed by atoms with van der Waals surface area (Å²) < 4.78 is 10.2. The fourth-order valence-corrected chi connectivity index (χ4v) is 1.38. The lowest BCUT2D eigenvalue weighted by Gasteiger charge is -2.11. The Kier molecular flexibility index (Phi) is 4.43. The van der Waals surface area contributed by atoms with Crippen molar-refractivity contribution in [2.24, 2.45) is 0 Å². The van der Waals surface area contributed by atoms with Gasteiger partial charge in [0.15, 0.2) is 0 Å². The molecule has 0 aliphatic rings. The van der Waals surface area contributed by atoms with Crippen LogP contribution in [0.15, 0.2) is 12.1 Å². The van der Waals surface area contributed by atoms with Crippen LogP contribution < -0.4 is 10.5 Å². The summed E-state index contributed by atoms with van der Waals surface area (Å²) in [5.74, 6) is -0.0734. The van der Waals surface area contributed by atoms with Crippen molar-refractivity contribution in [1.82, 2.24) is 0 Å². The molecule has 2 N–H and O–H groups in total. The lowest BCUT2D eigenvalue weighted by Crippen LogP contribution is -2.08. The van der Waals surface area contributed by atoms with Gasteiger partial charge in [0.1, 0.15) is 11.3 Å². The second-order valence-corrected chi connectivity index (χ2v) is 3.43. The van der Waals surface area contributed by atoms with Gasteiger partial charge in [-0.3, -0.25) is 0 Å². The van der Waals surface area contributed by atoms with E-state index in [-0.39, 0.29) is 0 Å². The number of nitrogens with two attached hydrogens (primary N) is 1. The first kappa shape index (κ1) is 12.6. The number of nitrogen functional groups attached to an aromatic ring is 1. The summed E-state index contributed by atoms with van der Waals surface area (Å²) in [6.07, 6.45) is 0. The van der Waals surface area contributed by atoms with Gasteiger partial charge in [-0.1, -0.05) is 11.6 Å². The van der Waals surface area contributed by atoms with Crippen LogP contribution in [0.1, 0.15) is 24.2 Å². The van der Waals surface area contributed by atoms with Gasteiger partial charge in [0.25, 0.3) is 0 Å². The van der Waals surface area contributed by atoms with E-state index in [4.69, 9.17) is 26.8 Å². The highest BCUT2D eigenvalue weighted by molar-refractivity contribution is 6.33. The second kappa shape index (κ2) is 5.61. The number of hydrogen-bond acceptors (Lipinski definition) is 4. The summed E-state index contributed by atoms with van der Waals surface area (Å²) in [4.78, 5) is 11.6. The molecule has 1 rings (SSSR count). The molecule has 0 amide bonds. The molecule has 0 saturated heterocycles. The van der Waals surface area contributed by atoms with Gasteiger partial charge in [-0.05, 0) is 19.9 Å². The number of hydrogen-bond donors (Lipinski definition) is 1. The van der Waals surface area contributed by atoms with Crippen molar-refractivity contribution in [2.75, 3.05) is 18.9 Å². The third kappa shape index (κ3) is 2.79. The van der Waals surface area contributed by atoms with Crippen LogP contribution in [0.25, 0.3) is 0 Å². The summed E-state index contributed by atoms with van der Waals surface area (Å²) >= 11 is 5.84. The smallest absolute Gasteiger partial charge is 0.341 e. The molecule has 0 heterocycles. The fraction of sp³-hybridized carbons (Fsp3) is 0.364. The molecule has 16 heavy (non-hydrogen) atoms. The van der Waals surface area contributed by atoms with Gasteiger partial charge in [-0.25, -0.2) is 4.79 Å². The van der Waals surface area contributed by atoms with E-state index in [1.54, 1.807) is 6.92 Å². The van der Waals surface area contributed by atoms with Crippen LogP contribution in [0.4, 0.5) is 5.69 Å². The van der Waals surface area contributed by atoms with Crippen LogP contribution >= 0.6 is 11.6 Å². The third-order valence-corrected chi connectivity index (χ3v) is 2.22. The van der Waals surface area contributed by atoms with Gasteiger partial charge >= 0.3 is 5.97 Å². The number of halogens is 1. The van der Waals surface area contributed by atoms with Crippen molar-refractivity contribution in [3.05, 3.63) is 22.7 Å². The lowest BCUT2D eigenvalue weighted by molar-refractivity contribution is 0.0522. The Balaban J connectivity index is 3.13. The van der Waals surface area contributed by atoms with Gasteiger partial charge < -0.3 is 15.2 Å². The Morgan fingerprint density at radius 1 is 1.38 bits per heavy atom. The van der Waals surface area contributed by atoms with Crippen molar-refractivity contribution in [1.29, 1.82) is 0 Å². The molecule has 4 nitrogen and oxygen atoms in total. The Morgan fingerprint density at radius 2 is 2.06 bits per heavy atom. The summed E-state index contributed by atoms with van der Waals surface area (Å²) in [6.45, 7) is 4.29. The maximum Gasteiger partial charge on any atom is 0.341 e. The quantitative estimate of drug-likeness (QED) is 0.652. The zero-order chi connectivity index (χ0) is 12.1. The minimum absolute atomic E-state index is 0.294. The Bertz CT molecular complexity index is 393. The number of carbonyl (C=O) groups is 1. The summed E-state index contributed by atoms with van der Waals surface area (Å²) in [5.41, 5.74) is 6.30. The third-order valence-electron chi connectivity index (χ3n) is 1.89. The van der Waals surface area contributed by atoms with Gasteiger partial charge in [-0.15, -0.1) is 0 Å². The SMILES string of the molecule is CCOC(=O)c1cc(Cl)c(N)cc1OCC. The van der Waals surface area contributed by atoms with E-state index < -0.39 is 5.97 Å². The van der Waals surface area contributed by atoms with Crippen LogP contribution in [0.3, 0.4) is 0 Å². The van der Waals surface area contributed by atoms with Crippen molar-refractivity contribution in [3.63, 3.8) is 0 Å². The molecule has 0 saturated carbocycles. The van der Waals surface area contributed by atoms with Crippen molar-refractivity contribution in [3.8, 4) is 5.75 Å². The molecule has 0 aliphatic carbocycles. The zero-order valence-corrected chi connectivity index (χ0v) is 10.0. The molecule has 0 atom stereocenters. The highest BCUT2D eigenvalue weighted by atomic mass is 35.5. The number of carbonyl (C=O) groups excluding carboxylic acids is 1. The Morgan fingerprint density at radius 3 is 2.62 bits per heavy atom. The number of rotatable bonds is 4. The minimum atomic E-state index is -0.465. The molecule has 0 unspecified atom stereocenters. The van der Waals surface area contributed by atoms with Gasteiger partial charge in [0.05, 0.1) is 23.9 Å². The van der Waals surface area contributed by atoms with Crippen LogP contribution in [-0.4, -0.2) is 19.2 Å². The van der Waals surface area contributed by atoms with Crippen molar-refractivity contribution in [2.45, 2.75) is 13.8 Å². The number of ether oxygens (including phenoxy) is 2. The maximum atomic E-state index is 11.6. The van der Waals surface area contributed by atoms with E-state index in [0.29, 0.717) is 35.2 Å². The standard InChI is InChI=1S/C11H14ClNO3/c1-3-15-10-6-9(13)8(12)5-7(10)11(14)16-4-2/h5-6H,3-4,13H2,1-2H3. The molecule has 0 radical (unpaired) electrons. The highest BCUT2D eigenvalue weighted by Crippen LogP contribution is 2.29. The molecule has 1 aromatic carbocycles. The number of benzene rings is 1. The Hall–Kier alpha value is -1.42. The van der Waals surface area contributed by atoms with Crippen LogP contribution in [0.2, 0.25) is 5.02 Å². The summed E-state index contributed by atoms with van der Waals surface area (Å²) in [5, 5.41) is 0.312. The molecule has 0 fully saturated rings. The van der Waals surface area contributed by atoms with Crippen LogP contribution in [0.5, 0.6) is 5.75 Å². The largest absolute Gasteiger partial charge is 0.493 e. The maximum absolute atomic E-state index is 11.6. The molecular formula is C11H14ClNO3. The van der Waals surface area contributed by atoms with Gasteiger partial charge in [-0.2, -0.15) is 0 Å².